The maximum Gasteiger partial charge on any atom is 0.319 e. The van der Waals surface area contributed by atoms with E-state index in [1.165, 1.54) is 6.07 Å². The highest BCUT2D eigenvalue weighted by molar-refractivity contribution is 5.98. The maximum atomic E-state index is 16.4. The van der Waals surface area contributed by atoms with E-state index in [4.69, 9.17) is 15.5 Å². The number of aromatic nitrogens is 4. The number of anilines is 2. The Bertz CT molecular complexity index is 1580. The molecule has 3 saturated heterocycles. The van der Waals surface area contributed by atoms with Crippen LogP contribution in [-0.2, 0) is 0 Å². The monoisotopic (exact) mass is 532 g/mol. The molecule has 1 aromatic carbocycles. The number of hydrogen-bond donors (Lipinski definition) is 2. The fraction of sp³-hybridized carbons (Fsp3) is 0.429. The number of likely N-dealkylation sites (N-methyl/N-ethyl adjacent to an activating group) is 1. The quantitative estimate of drug-likeness (QED) is 0.400. The van der Waals surface area contributed by atoms with Crippen molar-refractivity contribution < 1.29 is 13.5 Å². The van der Waals surface area contributed by atoms with E-state index < -0.39 is 11.6 Å². The highest BCUT2D eigenvalue weighted by atomic mass is 19.1. The van der Waals surface area contributed by atoms with Gasteiger partial charge in [0.15, 0.2) is 5.82 Å². The molecule has 3 aliphatic rings. The van der Waals surface area contributed by atoms with Gasteiger partial charge < -0.3 is 20.7 Å². The molecule has 7 rings (SSSR count). The summed E-state index contributed by atoms with van der Waals surface area (Å²) in [6.45, 7) is 5.09. The number of pyridine rings is 2. The number of nitrogen functional groups attached to an aromatic ring is 1. The molecular weight excluding hydrogens is 502 g/mol. The third-order valence-corrected chi connectivity index (χ3v) is 8.39. The molecule has 3 aliphatic heterocycles. The van der Waals surface area contributed by atoms with Crippen LogP contribution >= 0.6 is 0 Å². The van der Waals surface area contributed by atoms with E-state index in [2.05, 4.69) is 44.0 Å². The summed E-state index contributed by atoms with van der Waals surface area (Å²) in [4.78, 5) is 22.4. The van der Waals surface area contributed by atoms with Crippen molar-refractivity contribution in [1.29, 1.82) is 0 Å². The predicted octanol–water partition coefficient (Wildman–Crippen LogP) is 3.37. The molecule has 11 heteroatoms. The number of piperazine rings is 1. The molecule has 3 fully saturated rings. The molecule has 0 aliphatic carbocycles. The lowest BCUT2D eigenvalue weighted by Gasteiger charge is -2.43. The summed E-state index contributed by atoms with van der Waals surface area (Å²) in [5, 5.41) is 4.77. The van der Waals surface area contributed by atoms with Gasteiger partial charge in [-0.05, 0) is 43.3 Å². The number of fused-ring (bicyclic) bond motifs is 4. The van der Waals surface area contributed by atoms with E-state index >= 15 is 4.39 Å². The van der Waals surface area contributed by atoms with Crippen LogP contribution < -0.4 is 20.7 Å². The molecule has 2 unspecified atom stereocenters. The molecular formula is C28H30F2N8O. The number of nitrogens with two attached hydrogens (primary N) is 1. The molecule has 6 heterocycles. The first-order valence-corrected chi connectivity index (χ1v) is 13.4. The van der Waals surface area contributed by atoms with Gasteiger partial charge in [0.1, 0.15) is 41.0 Å². The van der Waals surface area contributed by atoms with Crippen LogP contribution in [-0.4, -0.2) is 76.3 Å². The first-order valence-electron chi connectivity index (χ1n) is 13.4. The third-order valence-electron chi connectivity index (χ3n) is 8.39. The van der Waals surface area contributed by atoms with Crippen LogP contribution in [0.3, 0.4) is 0 Å². The number of nitrogens with zero attached hydrogens (tertiary/aromatic N) is 6. The van der Waals surface area contributed by atoms with E-state index in [9.17, 15) is 4.39 Å². The Kier molecular flexibility index (Phi) is 5.74. The van der Waals surface area contributed by atoms with Gasteiger partial charge in [-0.3, -0.25) is 9.88 Å². The smallest absolute Gasteiger partial charge is 0.319 e. The van der Waals surface area contributed by atoms with E-state index in [0.29, 0.717) is 41.2 Å². The Morgan fingerprint density at radius 2 is 1.87 bits per heavy atom. The summed E-state index contributed by atoms with van der Waals surface area (Å²) in [5.74, 6) is -0.0107. The lowest BCUT2D eigenvalue weighted by Crippen LogP contribution is -2.55. The predicted molar refractivity (Wildman–Crippen MR) is 146 cm³/mol. The van der Waals surface area contributed by atoms with Gasteiger partial charge in [-0.15, -0.1) is 0 Å². The van der Waals surface area contributed by atoms with E-state index in [1.807, 2.05) is 0 Å². The molecule has 3 N–H and O–H groups in total. The minimum atomic E-state index is -0.712. The van der Waals surface area contributed by atoms with Crippen LogP contribution in [0.4, 0.5) is 20.4 Å². The van der Waals surface area contributed by atoms with Crippen molar-refractivity contribution in [2.24, 2.45) is 5.92 Å². The topological polar surface area (TPSA) is 105 Å². The molecule has 9 nitrogen and oxygen atoms in total. The van der Waals surface area contributed by atoms with Crippen molar-refractivity contribution in [3.63, 3.8) is 0 Å². The van der Waals surface area contributed by atoms with Crippen molar-refractivity contribution >= 4 is 33.3 Å². The SMILES string of the molecule is C[C@@H]1CN(C)[C@@H]1COc1nc(N2CC3CCC(C2)N3)c2cnc(-c3nc(N)cc4cccc(F)c34)c(F)c2n1. The lowest BCUT2D eigenvalue weighted by molar-refractivity contribution is 0.0159. The van der Waals surface area contributed by atoms with Gasteiger partial charge in [0.25, 0.3) is 0 Å². The average molecular weight is 533 g/mol. The molecule has 4 atom stereocenters. The first kappa shape index (κ1) is 24.3. The second kappa shape index (κ2) is 9.20. The molecule has 4 aromatic rings. The van der Waals surface area contributed by atoms with Gasteiger partial charge in [-0.25, -0.2) is 13.8 Å². The number of hydrogen-bond acceptors (Lipinski definition) is 9. The Morgan fingerprint density at radius 3 is 2.62 bits per heavy atom. The molecule has 202 valence electrons. The van der Waals surface area contributed by atoms with Gasteiger partial charge in [-0.1, -0.05) is 19.1 Å². The summed E-state index contributed by atoms with van der Waals surface area (Å²) >= 11 is 0. The molecule has 3 aromatic heterocycles. The van der Waals surface area contributed by atoms with Crippen molar-refractivity contribution in [2.75, 3.05) is 43.9 Å². The zero-order chi connectivity index (χ0) is 26.8. The molecule has 0 amide bonds. The van der Waals surface area contributed by atoms with Crippen LogP contribution in [0.15, 0.2) is 30.5 Å². The Hall–Kier alpha value is -3.70. The number of rotatable bonds is 5. The van der Waals surface area contributed by atoms with Gasteiger partial charge >= 0.3 is 6.01 Å². The summed E-state index contributed by atoms with van der Waals surface area (Å²) < 4.78 is 37.4. The van der Waals surface area contributed by atoms with Crippen LogP contribution in [0, 0.1) is 17.6 Å². The summed E-state index contributed by atoms with van der Waals surface area (Å²) in [6.07, 6.45) is 3.74. The molecule has 0 radical (unpaired) electrons. The molecule has 0 spiro atoms. The molecule has 0 saturated carbocycles. The van der Waals surface area contributed by atoms with Crippen LogP contribution in [0.2, 0.25) is 0 Å². The zero-order valence-electron chi connectivity index (χ0n) is 21.9. The molecule has 2 bridgehead atoms. The lowest BCUT2D eigenvalue weighted by atomic mass is 9.92. The van der Waals surface area contributed by atoms with E-state index in [0.717, 1.165) is 32.5 Å². The van der Waals surface area contributed by atoms with Crippen LogP contribution in [0.1, 0.15) is 19.8 Å². The summed E-state index contributed by atoms with van der Waals surface area (Å²) in [7, 11) is 2.05. The minimum absolute atomic E-state index is 0.0373. The molecule has 39 heavy (non-hydrogen) atoms. The number of ether oxygens (including phenoxy) is 1. The van der Waals surface area contributed by atoms with Crippen LogP contribution in [0.25, 0.3) is 33.1 Å². The minimum Gasteiger partial charge on any atom is -0.462 e. The number of likely N-dealkylation sites (tertiary alicyclic amines) is 1. The first-order chi connectivity index (χ1) is 18.9. The van der Waals surface area contributed by atoms with Gasteiger partial charge in [-0.2, -0.15) is 9.97 Å². The van der Waals surface area contributed by atoms with E-state index in [1.54, 1.807) is 24.4 Å². The normalized spacial score (nSPS) is 24.9. The van der Waals surface area contributed by atoms with Crippen LogP contribution in [0.5, 0.6) is 6.01 Å². The third kappa shape index (κ3) is 4.11. The standard InChI is InChI=1S/C28H30F2N8O/c1-14-10-37(2)20(14)13-39-28-35-24-18(27(36-28)38-11-16-6-7-17(12-38)33-16)9-32-26(23(24)30)25-22-15(8-21(31)34-25)4-3-5-19(22)29/h3-5,8-9,14,16-17,20,33H,6-7,10-13H2,1-2H3,(H2,31,34)/t14-,16?,17?,20-/m1/s1. The summed E-state index contributed by atoms with van der Waals surface area (Å²) in [5.41, 5.74) is 6.00. The average Bonchev–Trinajstić information content (AvgIpc) is 3.25. The zero-order valence-corrected chi connectivity index (χ0v) is 21.9. The van der Waals surface area contributed by atoms with E-state index in [-0.39, 0.29) is 40.2 Å². The van der Waals surface area contributed by atoms with Gasteiger partial charge in [0, 0.05) is 49.3 Å². The summed E-state index contributed by atoms with van der Waals surface area (Å²) in [6, 6.07) is 7.22. The van der Waals surface area contributed by atoms with Gasteiger partial charge in [0.2, 0.25) is 0 Å². The Morgan fingerprint density at radius 1 is 1.08 bits per heavy atom. The maximum absolute atomic E-state index is 16.4. The van der Waals surface area contributed by atoms with Crippen molar-refractivity contribution in [1.82, 2.24) is 30.2 Å². The second-order valence-corrected chi connectivity index (χ2v) is 11.1. The highest BCUT2D eigenvalue weighted by Crippen LogP contribution is 2.36. The van der Waals surface area contributed by atoms with Crippen molar-refractivity contribution in [3.05, 3.63) is 42.1 Å². The largest absolute Gasteiger partial charge is 0.462 e. The highest BCUT2D eigenvalue weighted by Gasteiger charge is 2.35. The van der Waals surface area contributed by atoms with Crippen molar-refractivity contribution in [3.8, 4) is 17.4 Å². The second-order valence-electron chi connectivity index (χ2n) is 11.1. The number of benzene rings is 1. The number of halogens is 2. The number of nitrogens with one attached hydrogen (secondary N) is 1. The van der Waals surface area contributed by atoms with Gasteiger partial charge in [0.05, 0.1) is 5.39 Å². The Labute approximate surface area is 224 Å². The Balaban J connectivity index is 1.37. The fourth-order valence-electron chi connectivity index (χ4n) is 6.38. The fourth-order valence-corrected chi connectivity index (χ4v) is 6.38. The van der Waals surface area contributed by atoms with Crippen molar-refractivity contribution in [2.45, 2.75) is 37.9 Å².